The van der Waals surface area contributed by atoms with Gasteiger partial charge in [0, 0.05) is 37.9 Å². The van der Waals surface area contributed by atoms with E-state index >= 15 is 0 Å². The van der Waals surface area contributed by atoms with Crippen molar-refractivity contribution >= 4 is 21.7 Å². The van der Waals surface area contributed by atoms with Gasteiger partial charge in [-0.15, -0.1) is 4.40 Å². The molecule has 0 unspecified atom stereocenters. The predicted octanol–water partition coefficient (Wildman–Crippen LogP) is 2.00. The first kappa shape index (κ1) is 17.5. The van der Waals surface area contributed by atoms with Crippen molar-refractivity contribution in [2.75, 3.05) is 25.0 Å². The number of hydrogen-bond acceptors (Lipinski definition) is 6. The standard InChI is InChI=1S/C19H19N5O2S/c1-23(19-16-4-2-3-5-17(16)27(25,26)22-19)15-7-10-24(11-8-15)18-12-14(13-20)6-9-21-18/h2-6,9,12,15H,7-8,10-11H2,1H3. The molecule has 2 aliphatic rings. The minimum atomic E-state index is -3.60. The maximum Gasteiger partial charge on any atom is 0.285 e. The van der Waals surface area contributed by atoms with Crippen LogP contribution in [0, 0.1) is 11.3 Å². The number of amidine groups is 1. The van der Waals surface area contributed by atoms with Crippen LogP contribution in [-0.4, -0.2) is 50.3 Å². The summed E-state index contributed by atoms with van der Waals surface area (Å²) in [7, 11) is -1.70. The van der Waals surface area contributed by atoms with Crippen molar-refractivity contribution in [2.24, 2.45) is 4.40 Å². The van der Waals surface area contributed by atoms with Crippen molar-refractivity contribution in [3.63, 3.8) is 0 Å². The third-order valence-electron chi connectivity index (χ3n) is 5.16. The number of pyridine rings is 1. The Balaban J connectivity index is 1.50. The Kier molecular flexibility index (Phi) is 4.32. The molecular formula is C19H19N5O2S. The van der Waals surface area contributed by atoms with Crippen molar-refractivity contribution in [1.82, 2.24) is 9.88 Å². The normalized spacial score (nSPS) is 18.5. The average molecular weight is 381 g/mol. The van der Waals surface area contributed by atoms with E-state index in [1.165, 1.54) is 0 Å². The average Bonchev–Trinajstić information content (AvgIpc) is 2.99. The van der Waals surface area contributed by atoms with Gasteiger partial charge in [-0.3, -0.25) is 0 Å². The molecule has 0 amide bonds. The zero-order valence-electron chi connectivity index (χ0n) is 14.9. The fraction of sp³-hybridized carbons (Fsp3) is 0.316. The fourth-order valence-corrected chi connectivity index (χ4v) is 4.90. The van der Waals surface area contributed by atoms with Crippen LogP contribution in [-0.2, 0) is 10.0 Å². The highest BCUT2D eigenvalue weighted by Gasteiger charge is 2.34. The number of aromatic nitrogens is 1. The molecule has 1 aromatic carbocycles. The first-order valence-corrected chi connectivity index (χ1v) is 10.2. The van der Waals surface area contributed by atoms with Crippen LogP contribution in [0.15, 0.2) is 51.9 Å². The number of nitrogens with zero attached hydrogens (tertiary/aromatic N) is 5. The summed E-state index contributed by atoms with van der Waals surface area (Å²) in [5, 5.41) is 9.05. The van der Waals surface area contributed by atoms with E-state index in [0.29, 0.717) is 17.0 Å². The van der Waals surface area contributed by atoms with E-state index in [0.717, 1.165) is 31.7 Å². The Morgan fingerprint density at radius 1 is 1.22 bits per heavy atom. The summed E-state index contributed by atoms with van der Waals surface area (Å²) in [6.07, 6.45) is 3.37. The second-order valence-corrected chi connectivity index (χ2v) is 8.30. The van der Waals surface area contributed by atoms with E-state index in [4.69, 9.17) is 5.26 Å². The lowest BCUT2D eigenvalue weighted by molar-refractivity contribution is 0.306. The van der Waals surface area contributed by atoms with E-state index < -0.39 is 10.0 Å². The van der Waals surface area contributed by atoms with Gasteiger partial charge in [0.15, 0.2) is 5.84 Å². The van der Waals surface area contributed by atoms with Crippen LogP contribution in [0.1, 0.15) is 24.0 Å². The highest BCUT2D eigenvalue weighted by atomic mass is 32.2. The summed E-state index contributed by atoms with van der Waals surface area (Å²) in [6.45, 7) is 1.58. The molecule has 0 spiro atoms. The maximum atomic E-state index is 12.3. The zero-order chi connectivity index (χ0) is 19.0. The molecule has 0 aliphatic carbocycles. The minimum Gasteiger partial charge on any atom is -0.356 e. The summed E-state index contributed by atoms with van der Waals surface area (Å²) >= 11 is 0. The molecule has 2 aliphatic heterocycles. The summed E-state index contributed by atoms with van der Waals surface area (Å²) < 4.78 is 28.6. The van der Waals surface area contributed by atoms with Crippen LogP contribution in [0.4, 0.5) is 5.82 Å². The van der Waals surface area contributed by atoms with Gasteiger partial charge in [0.2, 0.25) is 0 Å². The third-order valence-corrected chi connectivity index (χ3v) is 6.48. The van der Waals surface area contributed by atoms with Gasteiger partial charge in [-0.1, -0.05) is 12.1 Å². The largest absolute Gasteiger partial charge is 0.356 e. The SMILES string of the molecule is CN(C1=NS(=O)(=O)c2ccccc21)C1CCN(c2cc(C#N)ccn2)CC1. The summed E-state index contributed by atoms with van der Waals surface area (Å²) in [5.74, 6) is 1.33. The molecule has 0 atom stereocenters. The Bertz CT molecular complexity index is 1050. The Labute approximate surface area is 158 Å². The zero-order valence-corrected chi connectivity index (χ0v) is 15.7. The van der Waals surface area contributed by atoms with E-state index in [2.05, 4.69) is 20.4 Å². The number of nitriles is 1. The molecule has 1 fully saturated rings. The smallest absolute Gasteiger partial charge is 0.285 e. The molecule has 138 valence electrons. The lowest BCUT2D eigenvalue weighted by Gasteiger charge is -2.38. The molecule has 8 heteroatoms. The fourth-order valence-electron chi connectivity index (χ4n) is 3.66. The second-order valence-electron chi connectivity index (χ2n) is 6.73. The molecule has 0 saturated carbocycles. The number of hydrogen-bond donors (Lipinski definition) is 0. The van der Waals surface area contributed by atoms with Gasteiger partial charge in [-0.05, 0) is 37.1 Å². The van der Waals surface area contributed by atoms with Crippen LogP contribution in [0.5, 0.6) is 0 Å². The van der Waals surface area contributed by atoms with E-state index in [-0.39, 0.29) is 10.9 Å². The van der Waals surface area contributed by atoms with Crippen molar-refractivity contribution in [1.29, 1.82) is 5.26 Å². The topological polar surface area (TPSA) is 89.7 Å². The molecule has 3 heterocycles. The van der Waals surface area contributed by atoms with E-state index in [9.17, 15) is 8.42 Å². The molecule has 1 aromatic heterocycles. The maximum absolute atomic E-state index is 12.3. The molecule has 7 nitrogen and oxygen atoms in total. The number of sulfonamides is 1. The van der Waals surface area contributed by atoms with Crippen molar-refractivity contribution in [3.8, 4) is 6.07 Å². The van der Waals surface area contributed by atoms with Crippen LogP contribution in [0.25, 0.3) is 0 Å². The van der Waals surface area contributed by atoms with Gasteiger partial charge in [0.25, 0.3) is 10.0 Å². The second kappa shape index (κ2) is 6.67. The summed E-state index contributed by atoms with van der Waals surface area (Å²) in [4.78, 5) is 8.79. The number of anilines is 1. The van der Waals surface area contributed by atoms with Gasteiger partial charge in [-0.2, -0.15) is 13.7 Å². The minimum absolute atomic E-state index is 0.195. The third kappa shape index (κ3) is 3.15. The summed E-state index contributed by atoms with van der Waals surface area (Å²) in [6, 6.07) is 12.8. The molecular weight excluding hydrogens is 362 g/mol. The van der Waals surface area contributed by atoms with Gasteiger partial charge in [-0.25, -0.2) is 4.98 Å². The molecule has 2 aromatic rings. The summed E-state index contributed by atoms with van der Waals surface area (Å²) in [5.41, 5.74) is 1.27. The molecule has 27 heavy (non-hydrogen) atoms. The molecule has 0 N–H and O–H groups in total. The van der Waals surface area contributed by atoms with Crippen LogP contribution in [0.3, 0.4) is 0 Å². The molecule has 0 bridgehead atoms. The van der Waals surface area contributed by atoms with Crippen LogP contribution < -0.4 is 4.90 Å². The first-order valence-electron chi connectivity index (χ1n) is 8.78. The number of fused-ring (bicyclic) bond motifs is 1. The number of benzene rings is 1. The monoisotopic (exact) mass is 381 g/mol. The van der Waals surface area contributed by atoms with Gasteiger partial charge >= 0.3 is 0 Å². The van der Waals surface area contributed by atoms with Crippen LogP contribution >= 0.6 is 0 Å². The van der Waals surface area contributed by atoms with E-state index in [1.54, 1.807) is 30.5 Å². The first-order chi connectivity index (χ1) is 13.0. The predicted molar refractivity (Wildman–Crippen MR) is 102 cm³/mol. The van der Waals surface area contributed by atoms with E-state index in [1.807, 2.05) is 24.1 Å². The molecule has 4 rings (SSSR count). The number of piperidine rings is 1. The van der Waals surface area contributed by atoms with Gasteiger partial charge < -0.3 is 9.80 Å². The Hall–Kier alpha value is -2.92. The van der Waals surface area contributed by atoms with Gasteiger partial charge in [0.05, 0.1) is 11.6 Å². The highest BCUT2D eigenvalue weighted by molar-refractivity contribution is 7.90. The van der Waals surface area contributed by atoms with Crippen molar-refractivity contribution in [2.45, 2.75) is 23.8 Å². The lowest BCUT2D eigenvalue weighted by Crippen LogP contribution is -2.45. The van der Waals surface area contributed by atoms with Crippen molar-refractivity contribution < 1.29 is 8.42 Å². The van der Waals surface area contributed by atoms with Crippen molar-refractivity contribution in [3.05, 3.63) is 53.7 Å². The quantitative estimate of drug-likeness (QED) is 0.790. The lowest BCUT2D eigenvalue weighted by atomic mass is 10.0. The highest BCUT2D eigenvalue weighted by Crippen LogP contribution is 2.29. The molecule has 0 radical (unpaired) electrons. The number of rotatable bonds is 2. The van der Waals surface area contributed by atoms with Gasteiger partial charge in [0.1, 0.15) is 10.7 Å². The Morgan fingerprint density at radius 3 is 2.70 bits per heavy atom. The Morgan fingerprint density at radius 2 is 1.96 bits per heavy atom. The van der Waals surface area contributed by atoms with Crippen LogP contribution in [0.2, 0.25) is 0 Å². The molecule has 1 saturated heterocycles.